The van der Waals surface area contributed by atoms with Crippen LogP contribution in [0, 0.1) is 0 Å². The number of hydrogen-bond donors (Lipinski definition) is 0. The van der Waals surface area contributed by atoms with Crippen molar-refractivity contribution >= 4 is 11.8 Å². The van der Waals surface area contributed by atoms with Gasteiger partial charge in [-0.15, -0.1) is 0 Å². The number of benzene rings is 1. The number of pyridine rings is 1. The van der Waals surface area contributed by atoms with Gasteiger partial charge in [-0.25, -0.2) is 4.98 Å². The zero-order valence-corrected chi connectivity index (χ0v) is 11.9. The van der Waals surface area contributed by atoms with Crippen molar-refractivity contribution in [1.82, 2.24) is 9.88 Å². The van der Waals surface area contributed by atoms with Gasteiger partial charge in [-0.3, -0.25) is 4.90 Å². The summed E-state index contributed by atoms with van der Waals surface area (Å²) in [4.78, 5) is 8.24. The fraction of sp³-hybridized carbons (Fsp3) is 0.312. The average molecular weight is 270 g/mol. The molecule has 0 unspecified atom stereocenters. The summed E-state index contributed by atoms with van der Waals surface area (Å²) < 4.78 is 0. The lowest BCUT2D eigenvalue weighted by atomic mass is 10.1. The molecule has 3 rings (SSSR count). The van der Waals surface area contributed by atoms with Crippen LogP contribution in [0.1, 0.15) is 24.4 Å². The van der Waals surface area contributed by atoms with E-state index >= 15 is 0 Å². The molecule has 1 saturated heterocycles. The Morgan fingerprint density at radius 3 is 2.63 bits per heavy atom. The van der Waals surface area contributed by atoms with Crippen molar-refractivity contribution in [3.05, 3.63) is 54.2 Å². The van der Waals surface area contributed by atoms with Crippen LogP contribution in [0.4, 0.5) is 0 Å². The lowest BCUT2D eigenvalue weighted by Crippen LogP contribution is -2.17. The van der Waals surface area contributed by atoms with Crippen LogP contribution in [0.15, 0.2) is 58.6 Å². The Labute approximate surface area is 118 Å². The molecular formula is C16H18N2S. The van der Waals surface area contributed by atoms with Gasteiger partial charge < -0.3 is 0 Å². The Kier molecular flexibility index (Phi) is 3.85. The van der Waals surface area contributed by atoms with Gasteiger partial charge in [-0.2, -0.15) is 0 Å². The van der Waals surface area contributed by atoms with Gasteiger partial charge in [0, 0.05) is 17.1 Å². The lowest BCUT2D eigenvalue weighted by Gasteiger charge is -2.19. The van der Waals surface area contributed by atoms with Crippen LogP contribution < -0.4 is 0 Å². The van der Waals surface area contributed by atoms with Crippen molar-refractivity contribution in [3.63, 3.8) is 0 Å². The molecule has 1 aliphatic heterocycles. The molecule has 2 nitrogen and oxygen atoms in total. The van der Waals surface area contributed by atoms with E-state index in [4.69, 9.17) is 0 Å². The number of nitrogens with zero attached hydrogens (tertiary/aromatic N) is 2. The molecule has 0 amide bonds. The summed E-state index contributed by atoms with van der Waals surface area (Å²) in [5.74, 6) is 0. The van der Waals surface area contributed by atoms with Crippen LogP contribution in [0.3, 0.4) is 0 Å². The van der Waals surface area contributed by atoms with Crippen molar-refractivity contribution in [2.45, 2.75) is 28.8 Å². The number of aromatic nitrogens is 1. The molecule has 19 heavy (non-hydrogen) atoms. The molecule has 1 aliphatic rings. The minimum Gasteiger partial charge on any atom is -0.299 e. The highest BCUT2D eigenvalue weighted by atomic mass is 32.2. The third-order valence-corrected chi connectivity index (χ3v) is 4.59. The molecule has 0 N–H and O–H groups in total. The number of likely N-dealkylation sites (tertiary alicyclic amines) is 1. The molecular weight excluding hydrogens is 252 g/mol. The SMILES string of the molecule is CN1CCC[C@@H]1c1ccc(Sc2ccccc2)nc1. The highest BCUT2D eigenvalue weighted by molar-refractivity contribution is 7.99. The predicted octanol–water partition coefficient (Wildman–Crippen LogP) is 4.00. The van der Waals surface area contributed by atoms with E-state index in [-0.39, 0.29) is 0 Å². The summed E-state index contributed by atoms with van der Waals surface area (Å²) in [5, 5.41) is 1.07. The minimum absolute atomic E-state index is 0.559. The van der Waals surface area contributed by atoms with Gasteiger partial charge in [0.2, 0.25) is 0 Å². The minimum atomic E-state index is 0.559. The Morgan fingerprint density at radius 1 is 1.16 bits per heavy atom. The Hall–Kier alpha value is -1.32. The first-order chi connectivity index (χ1) is 9.33. The highest BCUT2D eigenvalue weighted by Crippen LogP contribution is 2.31. The predicted molar refractivity (Wildman–Crippen MR) is 79.4 cm³/mol. The molecule has 1 fully saturated rings. The van der Waals surface area contributed by atoms with Crippen molar-refractivity contribution < 1.29 is 0 Å². The van der Waals surface area contributed by atoms with E-state index in [1.165, 1.54) is 29.8 Å². The van der Waals surface area contributed by atoms with Crippen LogP contribution in [-0.4, -0.2) is 23.5 Å². The largest absolute Gasteiger partial charge is 0.299 e. The van der Waals surface area contributed by atoms with E-state index in [9.17, 15) is 0 Å². The molecule has 0 bridgehead atoms. The van der Waals surface area contributed by atoms with E-state index in [1.54, 1.807) is 11.8 Å². The van der Waals surface area contributed by atoms with E-state index in [1.807, 2.05) is 12.3 Å². The van der Waals surface area contributed by atoms with Gasteiger partial charge in [0.25, 0.3) is 0 Å². The van der Waals surface area contributed by atoms with Gasteiger partial charge >= 0.3 is 0 Å². The molecule has 1 aromatic carbocycles. The number of rotatable bonds is 3. The normalized spacial score (nSPS) is 19.7. The second-order valence-corrected chi connectivity index (χ2v) is 6.08. The summed E-state index contributed by atoms with van der Waals surface area (Å²) >= 11 is 1.71. The second kappa shape index (κ2) is 5.76. The fourth-order valence-corrected chi connectivity index (χ4v) is 3.37. The molecule has 2 aromatic rings. The van der Waals surface area contributed by atoms with E-state index < -0.39 is 0 Å². The van der Waals surface area contributed by atoms with Crippen molar-refractivity contribution in [1.29, 1.82) is 0 Å². The molecule has 2 heterocycles. The monoisotopic (exact) mass is 270 g/mol. The summed E-state index contributed by atoms with van der Waals surface area (Å²) in [6, 6.07) is 15.3. The zero-order valence-electron chi connectivity index (χ0n) is 11.1. The molecule has 1 aromatic heterocycles. The van der Waals surface area contributed by atoms with Crippen LogP contribution >= 0.6 is 11.8 Å². The van der Waals surface area contributed by atoms with Crippen molar-refractivity contribution in [3.8, 4) is 0 Å². The van der Waals surface area contributed by atoms with Gasteiger partial charge in [-0.1, -0.05) is 36.0 Å². The summed E-state index contributed by atoms with van der Waals surface area (Å²) in [6.07, 6.45) is 4.59. The van der Waals surface area contributed by atoms with E-state index in [0.29, 0.717) is 6.04 Å². The lowest BCUT2D eigenvalue weighted by molar-refractivity contribution is 0.317. The smallest absolute Gasteiger partial charge is 0.101 e. The Bertz CT molecular complexity index is 524. The van der Waals surface area contributed by atoms with E-state index in [0.717, 1.165) is 5.03 Å². The van der Waals surface area contributed by atoms with E-state index in [2.05, 4.69) is 53.3 Å². The topological polar surface area (TPSA) is 16.1 Å². The summed E-state index contributed by atoms with van der Waals surface area (Å²) in [6.45, 7) is 1.20. The van der Waals surface area contributed by atoms with Gasteiger partial charge in [0.05, 0.1) is 0 Å². The summed E-state index contributed by atoms with van der Waals surface area (Å²) in [5.41, 5.74) is 1.34. The maximum atomic E-state index is 4.59. The molecule has 0 saturated carbocycles. The van der Waals surface area contributed by atoms with Crippen LogP contribution in [0.25, 0.3) is 0 Å². The third kappa shape index (κ3) is 2.99. The van der Waals surface area contributed by atoms with Crippen LogP contribution in [0.5, 0.6) is 0 Å². The van der Waals surface area contributed by atoms with Gasteiger partial charge in [0.1, 0.15) is 5.03 Å². The highest BCUT2D eigenvalue weighted by Gasteiger charge is 2.22. The third-order valence-electron chi connectivity index (χ3n) is 3.63. The quantitative estimate of drug-likeness (QED) is 0.838. The van der Waals surface area contributed by atoms with Crippen LogP contribution in [0.2, 0.25) is 0 Å². The van der Waals surface area contributed by atoms with Gasteiger partial charge in [0.15, 0.2) is 0 Å². The Morgan fingerprint density at radius 2 is 2.00 bits per heavy atom. The van der Waals surface area contributed by atoms with Gasteiger partial charge in [-0.05, 0) is 50.2 Å². The molecule has 0 radical (unpaired) electrons. The maximum Gasteiger partial charge on any atom is 0.101 e. The molecule has 3 heteroatoms. The number of hydrogen-bond acceptors (Lipinski definition) is 3. The summed E-state index contributed by atoms with van der Waals surface area (Å²) in [7, 11) is 2.20. The standard InChI is InChI=1S/C16H18N2S/c1-18-11-5-8-15(18)13-9-10-16(17-12-13)19-14-6-3-2-4-7-14/h2-4,6-7,9-10,12,15H,5,8,11H2,1H3/t15-/m1/s1. The van der Waals surface area contributed by atoms with Crippen molar-refractivity contribution in [2.24, 2.45) is 0 Å². The first-order valence-electron chi connectivity index (χ1n) is 6.72. The molecule has 0 aliphatic carbocycles. The Balaban J connectivity index is 1.72. The average Bonchev–Trinajstić information content (AvgIpc) is 2.87. The first kappa shape index (κ1) is 12.7. The fourth-order valence-electron chi connectivity index (χ4n) is 2.59. The molecule has 0 spiro atoms. The first-order valence-corrected chi connectivity index (χ1v) is 7.54. The maximum absolute atomic E-state index is 4.59. The zero-order chi connectivity index (χ0) is 13.1. The van der Waals surface area contributed by atoms with Crippen molar-refractivity contribution in [2.75, 3.05) is 13.6 Å². The molecule has 98 valence electrons. The second-order valence-electron chi connectivity index (χ2n) is 4.98. The van der Waals surface area contributed by atoms with Crippen LogP contribution in [-0.2, 0) is 0 Å². The molecule has 1 atom stereocenters.